The lowest BCUT2D eigenvalue weighted by molar-refractivity contribution is -0.138. The normalized spacial score (nSPS) is 10.8. The summed E-state index contributed by atoms with van der Waals surface area (Å²) in [6.07, 6.45) is 8.99. The summed E-state index contributed by atoms with van der Waals surface area (Å²) in [6.45, 7) is 14.1. The number of ether oxygens (including phenoxy) is 10. The third-order valence-electron chi connectivity index (χ3n) is 11.0. The number of methoxy groups -OCH3 is 2. The van der Waals surface area contributed by atoms with Crippen LogP contribution in [0.15, 0.2) is 128 Å². The Morgan fingerprint density at radius 1 is 0.405 bits per heavy atom. The number of unbranched alkanes of at least 4 members (excludes halogenated alkanes) is 6. The van der Waals surface area contributed by atoms with Gasteiger partial charge in [-0.3, -0.25) is 0 Å². The SMILES string of the molecule is C=CC(=O)OCCCCCCOc1ccc(C(=O)Oc2ccc(C(=O)Oc3ccc(OC(=O)c4ccc(OC(=O)c5ccc(OCCCCCCOC(=O)C=C)cc5)c(OC)c4)c(C(C)(C)C)c3)cc2OC)cc1. The van der Waals surface area contributed by atoms with Crippen LogP contribution in [0.5, 0.6) is 46.0 Å². The molecule has 0 aromatic heterocycles. The summed E-state index contributed by atoms with van der Waals surface area (Å²) >= 11 is 0. The first-order valence-corrected chi connectivity index (χ1v) is 24.1. The molecule has 74 heavy (non-hydrogen) atoms. The largest absolute Gasteiger partial charge is 0.494 e. The predicted molar refractivity (Wildman–Crippen MR) is 274 cm³/mol. The first-order valence-electron chi connectivity index (χ1n) is 24.1. The van der Waals surface area contributed by atoms with E-state index in [4.69, 9.17) is 47.4 Å². The summed E-state index contributed by atoms with van der Waals surface area (Å²) < 4.78 is 55.3. The summed E-state index contributed by atoms with van der Waals surface area (Å²) in [5.74, 6) is -1.63. The molecule has 0 unspecified atom stereocenters. The van der Waals surface area contributed by atoms with Crippen LogP contribution in [-0.2, 0) is 24.5 Å². The molecule has 0 N–H and O–H groups in total. The maximum Gasteiger partial charge on any atom is 0.343 e. The first-order chi connectivity index (χ1) is 35.6. The minimum atomic E-state index is -0.726. The van der Waals surface area contributed by atoms with Gasteiger partial charge in [0.1, 0.15) is 23.0 Å². The van der Waals surface area contributed by atoms with E-state index >= 15 is 0 Å². The Kier molecular flexibility index (Phi) is 21.8. The van der Waals surface area contributed by atoms with Gasteiger partial charge in [-0.05, 0) is 160 Å². The van der Waals surface area contributed by atoms with E-state index in [0.29, 0.717) is 43.5 Å². The standard InChI is InChI=1S/C58H62O16/c1-8-52(59)69-34-16-12-10-14-32-67-43-24-18-39(19-25-43)54(61)73-48-29-22-41(36-50(48)65-6)56(63)71-45-28-31-47(46(38-45)58(3,4)5)72-57(64)42-23-30-49(51(37-42)66-7)74-55(62)40-20-26-44(27-21-40)68-33-15-11-13-17-35-70-53(60)9-2/h8-9,18-31,36-38H,1-2,10-17,32-35H2,3-7H3. The minimum absolute atomic E-state index is 0.0827. The number of rotatable bonds is 28. The lowest BCUT2D eigenvalue weighted by Crippen LogP contribution is -2.17. The van der Waals surface area contributed by atoms with Crippen LogP contribution in [0.25, 0.3) is 0 Å². The number of hydrogen-bond donors (Lipinski definition) is 0. The number of esters is 6. The van der Waals surface area contributed by atoms with Crippen molar-refractivity contribution < 1.29 is 76.1 Å². The molecular weight excluding hydrogens is 953 g/mol. The van der Waals surface area contributed by atoms with Crippen molar-refractivity contribution in [2.24, 2.45) is 0 Å². The van der Waals surface area contributed by atoms with Gasteiger partial charge in [-0.25, -0.2) is 28.8 Å². The van der Waals surface area contributed by atoms with Crippen LogP contribution in [-0.4, -0.2) is 76.5 Å². The van der Waals surface area contributed by atoms with Crippen LogP contribution in [0.4, 0.5) is 0 Å². The zero-order valence-electron chi connectivity index (χ0n) is 42.4. The fourth-order valence-corrected chi connectivity index (χ4v) is 6.98. The Bertz CT molecular complexity index is 2730. The lowest BCUT2D eigenvalue weighted by Gasteiger charge is -2.23. The second-order valence-electron chi connectivity index (χ2n) is 17.5. The monoisotopic (exact) mass is 1010 g/mol. The number of hydrogen-bond acceptors (Lipinski definition) is 16. The highest BCUT2D eigenvalue weighted by Gasteiger charge is 2.25. The average molecular weight is 1020 g/mol. The lowest BCUT2D eigenvalue weighted by atomic mass is 9.86. The Morgan fingerprint density at radius 3 is 1.16 bits per heavy atom. The van der Waals surface area contributed by atoms with Crippen molar-refractivity contribution in [3.63, 3.8) is 0 Å². The molecule has 16 nitrogen and oxygen atoms in total. The van der Waals surface area contributed by atoms with E-state index in [9.17, 15) is 28.8 Å². The van der Waals surface area contributed by atoms with Crippen molar-refractivity contribution in [2.45, 2.75) is 77.6 Å². The van der Waals surface area contributed by atoms with Gasteiger partial charge < -0.3 is 47.4 Å². The highest BCUT2D eigenvalue weighted by Crippen LogP contribution is 2.37. The van der Waals surface area contributed by atoms with Gasteiger partial charge in [-0.2, -0.15) is 0 Å². The summed E-state index contributed by atoms with van der Waals surface area (Å²) in [5, 5.41) is 0. The molecule has 0 heterocycles. The molecular formula is C58H62O16. The molecule has 5 aromatic rings. The minimum Gasteiger partial charge on any atom is -0.494 e. The van der Waals surface area contributed by atoms with Gasteiger partial charge in [0.25, 0.3) is 0 Å². The van der Waals surface area contributed by atoms with E-state index in [-0.39, 0.29) is 56.8 Å². The first kappa shape index (κ1) is 56.5. The Morgan fingerprint density at radius 2 is 0.757 bits per heavy atom. The molecule has 0 bridgehead atoms. The number of carbonyl (C=O) groups excluding carboxylic acids is 6. The second-order valence-corrected chi connectivity index (χ2v) is 17.5. The Labute approximate surface area is 431 Å². The zero-order valence-corrected chi connectivity index (χ0v) is 42.4. The topological polar surface area (TPSA) is 195 Å². The quantitative estimate of drug-likeness (QED) is 0.0198. The van der Waals surface area contributed by atoms with Crippen LogP contribution in [0, 0.1) is 0 Å². The van der Waals surface area contributed by atoms with Gasteiger partial charge >= 0.3 is 35.8 Å². The molecule has 5 rings (SSSR count). The summed E-state index contributed by atoms with van der Waals surface area (Å²) in [6, 6.07) is 26.2. The van der Waals surface area contributed by atoms with Gasteiger partial charge in [0.05, 0.1) is 62.9 Å². The highest BCUT2D eigenvalue weighted by molar-refractivity contribution is 5.95. The molecule has 0 saturated carbocycles. The summed E-state index contributed by atoms with van der Waals surface area (Å²) in [5.41, 5.74) is 0.737. The molecule has 0 spiro atoms. The average Bonchev–Trinajstić information content (AvgIpc) is 3.40. The maximum atomic E-state index is 13.6. The van der Waals surface area contributed by atoms with E-state index in [2.05, 4.69) is 13.2 Å². The van der Waals surface area contributed by atoms with Crippen LogP contribution in [0.3, 0.4) is 0 Å². The molecule has 390 valence electrons. The third kappa shape index (κ3) is 17.7. The van der Waals surface area contributed by atoms with E-state index in [0.717, 1.165) is 63.5 Å². The van der Waals surface area contributed by atoms with E-state index in [1.54, 1.807) is 54.6 Å². The zero-order chi connectivity index (χ0) is 53.5. The smallest absolute Gasteiger partial charge is 0.343 e. The number of carbonyl (C=O) groups is 6. The fraction of sp³-hybridized carbons (Fsp3) is 0.310. The Balaban J connectivity index is 1.12. The van der Waals surface area contributed by atoms with Crippen molar-refractivity contribution in [2.75, 3.05) is 40.6 Å². The highest BCUT2D eigenvalue weighted by atomic mass is 16.6. The molecule has 0 aliphatic carbocycles. The summed E-state index contributed by atoms with van der Waals surface area (Å²) in [4.78, 5) is 75.4. The van der Waals surface area contributed by atoms with Crippen LogP contribution in [0.2, 0.25) is 0 Å². The maximum absolute atomic E-state index is 13.6. The van der Waals surface area contributed by atoms with Gasteiger partial charge in [0, 0.05) is 17.7 Å². The van der Waals surface area contributed by atoms with Crippen molar-refractivity contribution in [3.05, 3.63) is 156 Å². The Hall–Kier alpha value is -8.40. The molecule has 0 saturated heterocycles. The molecule has 0 aliphatic heterocycles. The predicted octanol–water partition coefficient (Wildman–Crippen LogP) is 11.2. The number of benzene rings is 5. The molecule has 16 heteroatoms. The van der Waals surface area contributed by atoms with Crippen LogP contribution < -0.4 is 37.9 Å². The van der Waals surface area contributed by atoms with Gasteiger partial charge in [0.2, 0.25) is 0 Å². The van der Waals surface area contributed by atoms with Crippen molar-refractivity contribution in [1.82, 2.24) is 0 Å². The summed E-state index contributed by atoms with van der Waals surface area (Å²) in [7, 11) is 2.76. The third-order valence-corrected chi connectivity index (χ3v) is 11.0. The van der Waals surface area contributed by atoms with Crippen molar-refractivity contribution in [3.8, 4) is 46.0 Å². The van der Waals surface area contributed by atoms with Crippen molar-refractivity contribution in [1.29, 1.82) is 0 Å². The van der Waals surface area contributed by atoms with Gasteiger partial charge in [-0.15, -0.1) is 0 Å². The molecule has 0 fully saturated rings. The fourth-order valence-electron chi connectivity index (χ4n) is 6.98. The van der Waals surface area contributed by atoms with E-state index in [1.807, 2.05) is 20.8 Å². The molecule has 5 aromatic carbocycles. The molecule has 0 aliphatic rings. The molecule has 0 radical (unpaired) electrons. The van der Waals surface area contributed by atoms with Gasteiger partial charge in [0.15, 0.2) is 23.0 Å². The van der Waals surface area contributed by atoms with Gasteiger partial charge in [-0.1, -0.05) is 33.9 Å². The van der Waals surface area contributed by atoms with E-state index in [1.165, 1.54) is 62.8 Å². The molecule has 0 amide bonds. The van der Waals surface area contributed by atoms with E-state index < -0.39 is 41.2 Å². The molecule has 0 atom stereocenters. The van der Waals surface area contributed by atoms with Crippen LogP contribution >= 0.6 is 0 Å². The van der Waals surface area contributed by atoms with Crippen LogP contribution in [0.1, 0.15) is 119 Å². The second kappa shape index (κ2) is 28.6. The van der Waals surface area contributed by atoms with Crippen molar-refractivity contribution >= 4 is 35.8 Å².